The fourth-order valence-corrected chi connectivity index (χ4v) is 6.09. The van der Waals surface area contributed by atoms with Gasteiger partial charge in [0.25, 0.3) is 0 Å². The zero-order chi connectivity index (χ0) is 24.8. The Morgan fingerprint density at radius 1 is 0.405 bits per heavy atom. The minimum absolute atomic E-state index is 0.0849. The topological polar surface area (TPSA) is 43.4 Å². The summed E-state index contributed by atoms with van der Waals surface area (Å²) in [6.07, 6.45) is 0. The fourth-order valence-electron chi connectivity index (χ4n) is 4.81. The summed E-state index contributed by atoms with van der Waals surface area (Å²) >= 11 is 1.55. The molecule has 0 spiro atoms. The number of hydrogen-bond acceptors (Lipinski definition) is 4. The van der Waals surface area contributed by atoms with Crippen LogP contribution < -0.4 is 5.43 Å². The first-order valence-electron chi connectivity index (χ1n) is 12.1. The predicted molar refractivity (Wildman–Crippen MR) is 152 cm³/mol. The highest BCUT2D eigenvalue weighted by Crippen LogP contribution is 2.46. The van der Waals surface area contributed by atoms with Gasteiger partial charge in [0, 0.05) is 22.3 Å². The van der Waals surface area contributed by atoms with E-state index in [1.807, 2.05) is 121 Å². The third kappa shape index (κ3) is 3.53. The van der Waals surface area contributed by atoms with E-state index in [0.717, 1.165) is 31.7 Å². The Balaban J connectivity index is 1.66. The molecule has 0 bridgehead atoms. The quantitative estimate of drug-likeness (QED) is 0.244. The summed E-state index contributed by atoms with van der Waals surface area (Å²) < 4.78 is 14.7. The summed E-state index contributed by atoms with van der Waals surface area (Å²) in [6, 6.07) is 39.6. The molecule has 0 aliphatic heterocycles. The molecule has 37 heavy (non-hydrogen) atoms. The zero-order valence-electron chi connectivity index (χ0n) is 19.7. The van der Waals surface area contributed by atoms with Crippen LogP contribution in [-0.2, 0) is 0 Å². The van der Waals surface area contributed by atoms with Crippen molar-refractivity contribution in [2.75, 3.05) is 0 Å². The van der Waals surface area contributed by atoms with E-state index >= 15 is 0 Å². The molecule has 0 aliphatic carbocycles. The molecule has 0 radical (unpaired) electrons. The molecule has 0 N–H and O–H groups in total. The summed E-state index contributed by atoms with van der Waals surface area (Å²) in [4.78, 5) is 14.5. The highest BCUT2D eigenvalue weighted by molar-refractivity contribution is 7.25. The molecule has 0 atom stereocenters. The average molecular weight is 497 g/mol. The van der Waals surface area contributed by atoms with E-state index in [1.54, 1.807) is 11.3 Å². The molecule has 0 unspecified atom stereocenters. The van der Waals surface area contributed by atoms with Crippen LogP contribution in [0.1, 0.15) is 0 Å². The van der Waals surface area contributed by atoms with E-state index in [2.05, 4.69) is 0 Å². The molecule has 3 heterocycles. The predicted octanol–water partition coefficient (Wildman–Crippen LogP) is 9.27. The maximum Gasteiger partial charge on any atom is 0.203 e. The van der Waals surface area contributed by atoms with E-state index < -0.39 is 0 Å². The molecule has 0 amide bonds. The van der Waals surface area contributed by atoms with Crippen molar-refractivity contribution in [2.45, 2.75) is 0 Å². The van der Waals surface area contributed by atoms with E-state index in [1.165, 1.54) is 0 Å². The lowest BCUT2D eigenvalue weighted by Crippen LogP contribution is -2.01. The van der Waals surface area contributed by atoms with Crippen LogP contribution in [0.2, 0.25) is 0 Å². The molecule has 4 heteroatoms. The first kappa shape index (κ1) is 21.6. The van der Waals surface area contributed by atoms with Gasteiger partial charge in [-0.15, -0.1) is 11.3 Å². The van der Waals surface area contributed by atoms with Gasteiger partial charge in [0.2, 0.25) is 5.43 Å². The second-order valence-corrected chi connectivity index (χ2v) is 9.84. The summed E-state index contributed by atoms with van der Waals surface area (Å²) in [5.74, 6) is 2.55. The van der Waals surface area contributed by atoms with Gasteiger partial charge in [-0.3, -0.25) is 4.79 Å². The van der Waals surface area contributed by atoms with Crippen molar-refractivity contribution in [1.29, 1.82) is 0 Å². The molecule has 4 aromatic carbocycles. The van der Waals surface area contributed by atoms with Crippen LogP contribution in [0, 0.1) is 0 Å². The fraction of sp³-hybridized carbons (Fsp3) is 0. The molecule has 0 fully saturated rings. The van der Waals surface area contributed by atoms with Crippen LogP contribution in [-0.4, -0.2) is 0 Å². The van der Waals surface area contributed by atoms with Crippen LogP contribution in [0.15, 0.2) is 135 Å². The number of rotatable bonds is 4. The second kappa shape index (κ2) is 8.77. The SMILES string of the molecule is O=c1c2c(-c3ccccc3)oc(-c3ccccc3)c2sc2c(-c3ccccc3)oc(-c3ccccc3)c12. The summed E-state index contributed by atoms with van der Waals surface area (Å²) in [5.41, 5.74) is 3.51. The van der Waals surface area contributed by atoms with Gasteiger partial charge >= 0.3 is 0 Å². The van der Waals surface area contributed by atoms with Crippen molar-refractivity contribution in [3.63, 3.8) is 0 Å². The molecule has 176 valence electrons. The monoisotopic (exact) mass is 496 g/mol. The molecule has 0 saturated carbocycles. The van der Waals surface area contributed by atoms with Crippen LogP contribution >= 0.6 is 11.3 Å². The van der Waals surface area contributed by atoms with Crippen molar-refractivity contribution < 1.29 is 8.83 Å². The van der Waals surface area contributed by atoms with Crippen LogP contribution in [0.3, 0.4) is 0 Å². The Morgan fingerprint density at radius 2 is 0.703 bits per heavy atom. The van der Waals surface area contributed by atoms with Gasteiger partial charge in [0.1, 0.15) is 11.5 Å². The van der Waals surface area contributed by atoms with Gasteiger partial charge in [0.05, 0.1) is 20.2 Å². The molecule has 0 saturated heterocycles. The van der Waals surface area contributed by atoms with Gasteiger partial charge in [-0.25, -0.2) is 0 Å². The van der Waals surface area contributed by atoms with Gasteiger partial charge in [-0.2, -0.15) is 0 Å². The van der Waals surface area contributed by atoms with Gasteiger partial charge in [-0.1, -0.05) is 121 Å². The molecule has 7 rings (SSSR count). The van der Waals surface area contributed by atoms with E-state index in [0.29, 0.717) is 33.8 Å². The van der Waals surface area contributed by atoms with Crippen molar-refractivity contribution >= 4 is 31.5 Å². The van der Waals surface area contributed by atoms with Gasteiger partial charge in [0.15, 0.2) is 11.5 Å². The van der Waals surface area contributed by atoms with Crippen molar-refractivity contribution in [3.8, 4) is 45.3 Å². The molecular formula is C33H20O3S. The Bertz CT molecular complexity index is 1780. The molecule has 7 aromatic rings. The van der Waals surface area contributed by atoms with E-state index in [9.17, 15) is 4.79 Å². The maximum absolute atomic E-state index is 14.5. The number of fused-ring (bicyclic) bond motifs is 2. The number of benzene rings is 4. The third-order valence-electron chi connectivity index (χ3n) is 6.53. The molecule has 3 aromatic heterocycles. The molecule has 3 nitrogen and oxygen atoms in total. The highest BCUT2D eigenvalue weighted by Gasteiger charge is 2.27. The summed E-state index contributed by atoms with van der Waals surface area (Å²) in [7, 11) is 0. The minimum atomic E-state index is -0.0849. The van der Waals surface area contributed by atoms with Crippen molar-refractivity contribution in [2.24, 2.45) is 0 Å². The molecule has 0 aliphatic rings. The Labute approximate surface area is 216 Å². The van der Waals surface area contributed by atoms with E-state index in [-0.39, 0.29) is 5.43 Å². The van der Waals surface area contributed by atoms with Gasteiger partial charge < -0.3 is 8.83 Å². The Kier molecular flexibility index (Phi) is 5.12. The van der Waals surface area contributed by atoms with Crippen molar-refractivity contribution in [1.82, 2.24) is 0 Å². The Morgan fingerprint density at radius 3 is 1.03 bits per heavy atom. The van der Waals surface area contributed by atoms with Gasteiger partial charge in [-0.05, 0) is 0 Å². The van der Waals surface area contributed by atoms with Crippen LogP contribution in [0.25, 0.3) is 65.5 Å². The zero-order valence-corrected chi connectivity index (χ0v) is 20.5. The largest absolute Gasteiger partial charge is 0.454 e. The molecular weight excluding hydrogens is 476 g/mol. The lowest BCUT2D eigenvalue weighted by atomic mass is 10.1. The first-order valence-corrected chi connectivity index (χ1v) is 12.9. The van der Waals surface area contributed by atoms with Crippen LogP contribution in [0.4, 0.5) is 0 Å². The Hall–Kier alpha value is -4.67. The lowest BCUT2D eigenvalue weighted by molar-refractivity contribution is 0.601. The number of hydrogen-bond donors (Lipinski definition) is 0. The van der Waals surface area contributed by atoms with Crippen molar-refractivity contribution in [3.05, 3.63) is 132 Å². The minimum Gasteiger partial charge on any atom is -0.454 e. The third-order valence-corrected chi connectivity index (χ3v) is 7.72. The van der Waals surface area contributed by atoms with E-state index in [4.69, 9.17) is 8.83 Å². The highest BCUT2D eigenvalue weighted by atomic mass is 32.1. The maximum atomic E-state index is 14.5. The lowest BCUT2D eigenvalue weighted by Gasteiger charge is -1.99. The smallest absolute Gasteiger partial charge is 0.203 e. The second-order valence-electron chi connectivity index (χ2n) is 8.82. The summed E-state index contributed by atoms with van der Waals surface area (Å²) in [5, 5.41) is 1.17. The normalized spacial score (nSPS) is 11.4. The summed E-state index contributed by atoms with van der Waals surface area (Å²) in [6.45, 7) is 0. The number of furan rings is 2. The average Bonchev–Trinajstić information content (AvgIpc) is 3.55. The van der Waals surface area contributed by atoms with Crippen LogP contribution in [0.5, 0.6) is 0 Å². The first-order chi connectivity index (χ1) is 18.3. The standard InChI is InChI=1S/C33H20O3S/c34-27-25-28(21-13-5-1-6-14-21)35-30(23-17-9-3-10-18-23)32(25)37-33-26(27)29(22-15-7-2-8-16-22)36-31(33)24-19-11-4-12-20-24/h1-20H.